The highest BCUT2D eigenvalue weighted by Gasteiger charge is 2.32. The first kappa shape index (κ1) is 35.1. The predicted octanol–water partition coefficient (Wildman–Crippen LogP) is 6.87. The number of methoxy groups -OCH3 is 1. The van der Waals surface area contributed by atoms with Crippen LogP contribution in [-0.2, 0) is 32.2 Å². The zero-order valence-electron chi connectivity index (χ0n) is 27.0. The lowest BCUT2D eigenvalue weighted by Crippen LogP contribution is -2.31. The van der Waals surface area contributed by atoms with Crippen molar-refractivity contribution in [3.8, 4) is 16.9 Å². The molecule has 1 aliphatic heterocycles. The molecule has 3 atom stereocenters. The highest BCUT2D eigenvalue weighted by Crippen LogP contribution is 2.40. The number of carbonyl (C=O) groups is 2. The molecule has 10 heteroatoms. The number of thioether (sulfide) groups is 1. The molecule has 1 aliphatic rings. The number of hydrogen-bond donors (Lipinski definition) is 4. The van der Waals surface area contributed by atoms with Gasteiger partial charge in [-0.25, -0.2) is 5.48 Å². The van der Waals surface area contributed by atoms with E-state index in [-0.39, 0.29) is 31.1 Å². The summed E-state index contributed by atoms with van der Waals surface area (Å²) >= 11 is 1.70. The number of carbonyl (C=O) groups excluding carboxylic acids is 2. The number of nitrogens with one attached hydrogen (secondary N) is 2. The molecule has 0 radical (unpaired) electrons. The molecule has 2 amide bonds. The van der Waals surface area contributed by atoms with Crippen molar-refractivity contribution in [2.24, 2.45) is 0 Å². The van der Waals surface area contributed by atoms with Crippen LogP contribution in [0.1, 0.15) is 66.8 Å². The van der Waals surface area contributed by atoms with Crippen molar-refractivity contribution in [2.45, 2.75) is 68.6 Å². The fraction of sp³-hybridized carbons (Fsp3) is 0.316. The lowest BCUT2D eigenvalue weighted by atomic mass is 9.99. The topological polar surface area (TPSA) is 126 Å². The van der Waals surface area contributed by atoms with Crippen molar-refractivity contribution >= 4 is 23.6 Å². The normalized spacial score (nSPS) is 17.4. The molecule has 4 N–H and O–H groups in total. The molecule has 1 saturated heterocycles. The minimum absolute atomic E-state index is 0.00530. The number of ether oxygens (including phenoxy) is 3. The smallest absolute Gasteiger partial charge is 0.243 e. The van der Waals surface area contributed by atoms with Crippen LogP contribution in [0.4, 0.5) is 0 Å². The molecule has 0 saturated carbocycles. The summed E-state index contributed by atoms with van der Waals surface area (Å²) in [6.45, 7) is 0.398. The third-order valence-electron chi connectivity index (χ3n) is 8.22. The summed E-state index contributed by atoms with van der Waals surface area (Å²) in [5.41, 5.74) is 7.46. The summed E-state index contributed by atoms with van der Waals surface area (Å²) in [5.74, 6) is 1.04. The number of aliphatic hydroxyl groups is 1. The molecule has 4 aromatic carbocycles. The van der Waals surface area contributed by atoms with Gasteiger partial charge in [0.1, 0.15) is 5.75 Å². The van der Waals surface area contributed by atoms with Gasteiger partial charge in [0.2, 0.25) is 11.8 Å². The molecule has 252 valence electrons. The van der Waals surface area contributed by atoms with Gasteiger partial charge in [0.25, 0.3) is 0 Å². The second-order valence-electron chi connectivity index (χ2n) is 11.7. The SMILES string of the molecule is COc1ccccc1SC[C@H]1C[C@@H](c2ccc(CO)cc2)O[C@@H](c2ccc(-c3cccc(CNC(=O)CCCCC(=O)NO)c3)cc2)O1. The largest absolute Gasteiger partial charge is 0.496 e. The van der Waals surface area contributed by atoms with Crippen LogP contribution in [0, 0.1) is 0 Å². The quantitative estimate of drug-likeness (QED) is 0.0467. The maximum Gasteiger partial charge on any atom is 0.243 e. The average molecular weight is 671 g/mol. The molecular weight excluding hydrogens is 628 g/mol. The van der Waals surface area contributed by atoms with E-state index in [0.29, 0.717) is 32.2 Å². The summed E-state index contributed by atoms with van der Waals surface area (Å²) in [4.78, 5) is 24.5. The summed E-state index contributed by atoms with van der Waals surface area (Å²) in [7, 11) is 1.68. The Labute approximate surface area is 285 Å². The lowest BCUT2D eigenvalue weighted by molar-refractivity contribution is -0.245. The second kappa shape index (κ2) is 17.8. The Hall–Kier alpha value is -4.19. The molecule has 48 heavy (non-hydrogen) atoms. The molecule has 9 nitrogen and oxygen atoms in total. The number of para-hydroxylation sites is 1. The molecule has 0 bridgehead atoms. The van der Waals surface area contributed by atoms with Crippen molar-refractivity contribution in [3.05, 3.63) is 119 Å². The minimum Gasteiger partial charge on any atom is -0.496 e. The van der Waals surface area contributed by atoms with Crippen LogP contribution in [0.2, 0.25) is 0 Å². The van der Waals surface area contributed by atoms with E-state index in [0.717, 1.165) is 49.8 Å². The van der Waals surface area contributed by atoms with Crippen LogP contribution >= 0.6 is 11.8 Å². The van der Waals surface area contributed by atoms with Gasteiger partial charge in [0.15, 0.2) is 6.29 Å². The molecule has 5 rings (SSSR count). The molecule has 1 fully saturated rings. The summed E-state index contributed by atoms with van der Waals surface area (Å²) in [6, 6.07) is 32.1. The van der Waals surface area contributed by atoms with Gasteiger partial charge >= 0.3 is 0 Å². The Morgan fingerprint density at radius 3 is 2.29 bits per heavy atom. The van der Waals surface area contributed by atoms with E-state index in [1.807, 2.05) is 72.8 Å². The van der Waals surface area contributed by atoms with Gasteiger partial charge in [-0.3, -0.25) is 14.8 Å². The Morgan fingerprint density at radius 2 is 1.56 bits per heavy atom. The maximum absolute atomic E-state index is 12.3. The Kier molecular flexibility index (Phi) is 13.0. The van der Waals surface area contributed by atoms with E-state index in [1.54, 1.807) is 24.4 Å². The Balaban J connectivity index is 1.24. The first-order valence-electron chi connectivity index (χ1n) is 16.1. The Morgan fingerprint density at radius 1 is 0.833 bits per heavy atom. The van der Waals surface area contributed by atoms with Crippen LogP contribution < -0.4 is 15.5 Å². The van der Waals surface area contributed by atoms with Gasteiger partial charge < -0.3 is 24.6 Å². The monoisotopic (exact) mass is 670 g/mol. The van der Waals surface area contributed by atoms with Gasteiger partial charge in [0.05, 0.1) is 25.9 Å². The standard InChI is InChI=1S/C38H42N2O7S/c1-45-33-9-2-3-10-35(33)48-25-32-22-34(29-15-13-26(24-41)14-16-29)47-38(46-32)30-19-17-28(18-20-30)31-8-6-7-27(21-31)23-39-36(42)11-4-5-12-37(43)40-44/h2-3,6-10,13-21,32,34,38,41,44H,4-5,11-12,22-25H2,1H3,(H,39,42)(H,40,43)/t32-,34+,38+/m1/s1. The first-order chi connectivity index (χ1) is 23.4. The second-order valence-corrected chi connectivity index (χ2v) is 12.7. The third kappa shape index (κ3) is 9.91. The van der Waals surface area contributed by atoms with E-state index in [4.69, 9.17) is 19.4 Å². The first-order valence-corrected chi connectivity index (χ1v) is 17.1. The average Bonchev–Trinajstić information content (AvgIpc) is 3.15. The van der Waals surface area contributed by atoms with Crippen LogP contribution in [0.3, 0.4) is 0 Å². The zero-order valence-corrected chi connectivity index (χ0v) is 27.8. The number of hydroxylamine groups is 1. The molecule has 0 spiro atoms. The van der Waals surface area contributed by atoms with E-state index in [1.165, 1.54) is 0 Å². The highest BCUT2D eigenvalue weighted by molar-refractivity contribution is 7.99. The van der Waals surface area contributed by atoms with Gasteiger partial charge in [-0.05, 0) is 58.9 Å². The van der Waals surface area contributed by atoms with E-state index in [2.05, 4.69) is 29.6 Å². The van der Waals surface area contributed by atoms with Crippen molar-refractivity contribution in [1.82, 2.24) is 10.8 Å². The molecular formula is C38H42N2O7S. The van der Waals surface area contributed by atoms with E-state index in [9.17, 15) is 14.7 Å². The molecule has 0 aliphatic carbocycles. The number of rotatable bonds is 15. The third-order valence-corrected chi connectivity index (χ3v) is 9.41. The lowest BCUT2D eigenvalue weighted by Gasteiger charge is -2.36. The van der Waals surface area contributed by atoms with Gasteiger partial charge in [0, 0.05) is 42.0 Å². The minimum atomic E-state index is -0.557. The number of amides is 2. The van der Waals surface area contributed by atoms with Gasteiger partial charge in [-0.1, -0.05) is 78.9 Å². The molecule has 4 aromatic rings. The number of unbranched alkanes of at least 4 members (excludes halogenated alkanes) is 1. The molecule has 0 aromatic heterocycles. The maximum atomic E-state index is 12.3. The van der Waals surface area contributed by atoms with Crippen LogP contribution in [-0.4, -0.2) is 41.1 Å². The Bertz CT molecular complexity index is 1630. The fourth-order valence-electron chi connectivity index (χ4n) is 5.55. The van der Waals surface area contributed by atoms with E-state index >= 15 is 0 Å². The van der Waals surface area contributed by atoms with Crippen LogP contribution in [0.25, 0.3) is 11.1 Å². The van der Waals surface area contributed by atoms with E-state index < -0.39 is 12.2 Å². The predicted molar refractivity (Wildman–Crippen MR) is 184 cm³/mol. The van der Waals surface area contributed by atoms with Crippen LogP contribution in [0.15, 0.2) is 102 Å². The van der Waals surface area contributed by atoms with Crippen molar-refractivity contribution in [1.29, 1.82) is 0 Å². The number of aliphatic hydroxyl groups excluding tert-OH is 1. The number of hydrogen-bond acceptors (Lipinski definition) is 8. The zero-order chi connectivity index (χ0) is 33.7. The molecule has 0 unspecified atom stereocenters. The summed E-state index contributed by atoms with van der Waals surface area (Å²) in [5, 5.41) is 21.0. The summed E-state index contributed by atoms with van der Waals surface area (Å²) in [6.07, 6.45) is 1.49. The summed E-state index contributed by atoms with van der Waals surface area (Å²) < 4.78 is 18.6. The van der Waals surface area contributed by atoms with Gasteiger partial charge in [-0.2, -0.15) is 0 Å². The van der Waals surface area contributed by atoms with Gasteiger partial charge in [-0.15, -0.1) is 11.8 Å². The highest BCUT2D eigenvalue weighted by atomic mass is 32.2. The van der Waals surface area contributed by atoms with Crippen LogP contribution in [0.5, 0.6) is 5.75 Å². The number of benzene rings is 4. The fourth-order valence-corrected chi connectivity index (χ4v) is 6.60. The molecule has 1 heterocycles. The van der Waals surface area contributed by atoms with Crippen molar-refractivity contribution in [3.63, 3.8) is 0 Å². The van der Waals surface area contributed by atoms with Crippen molar-refractivity contribution < 1.29 is 34.1 Å². The van der Waals surface area contributed by atoms with Crippen molar-refractivity contribution in [2.75, 3.05) is 12.9 Å².